The van der Waals surface area contributed by atoms with Crippen LogP contribution >= 0.6 is 12.2 Å². The van der Waals surface area contributed by atoms with Crippen molar-refractivity contribution < 1.29 is 4.74 Å². The number of hydrogen-bond acceptors (Lipinski definition) is 2. The first-order chi connectivity index (χ1) is 6.20. The highest BCUT2D eigenvalue weighted by Crippen LogP contribution is 1.99. The molecule has 72 valence electrons. The summed E-state index contributed by atoms with van der Waals surface area (Å²) in [5.41, 5.74) is 0. The quantitative estimate of drug-likeness (QED) is 0.688. The molecular formula is C10H15NOS. The summed E-state index contributed by atoms with van der Waals surface area (Å²) in [5.74, 6) is 0.333. The highest BCUT2D eigenvalue weighted by molar-refractivity contribution is 7.80. The fourth-order valence-electron chi connectivity index (χ4n) is 0.938. The van der Waals surface area contributed by atoms with E-state index in [1.807, 2.05) is 38.4 Å². The van der Waals surface area contributed by atoms with Crippen LogP contribution in [0.4, 0.5) is 0 Å². The smallest absolute Gasteiger partial charge is 0.162 e. The lowest BCUT2D eigenvalue weighted by Crippen LogP contribution is -2.13. The molecule has 0 N–H and O–H groups in total. The molecule has 2 nitrogen and oxygen atoms in total. The van der Waals surface area contributed by atoms with Gasteiger partial charge in [-0.15, -0.1) is 0 Å². The van der Waals surface area contributed by atoms with Gasteiger partial charge in [0.15, 0.2) is 5.05 Å². The Hall–Kier alpha value is -0.830. The van der Waals surface area contributed by atoms with Gasteiger partial charge in [-0.25, -0.2) is 0 Å². The molecule has 3 heteroatoms. The van der Waals surface area contributed by atoms with Crippen LogP contribution in [0.25, 0.3) is 0 Å². The maximum atomic E-state index is 5.39. The van der Waals surface area contributed by atoms with E-state index in [2.05, 4.69) is 4.57 Å². The van der Waals surface area contributed by atoms with Crippen molar-refractivity contribution in [3.63, 3.8) is 0 Å². The molecule has 1 aromatic rings. The van der Waals surface area contributed by atoms with Crippen molar-refractivity contribution in [2.75, 3.05) is 6.61 Å². The Labute approximate surface area is 84.5 Å². The summed E-state index contributed by atoms with van der Waals surface area (Å²) in [6.07, 6.45) is 4.03. The SMILES string of the molecule is CC(C)C(=S)OCCn1cccc1. The average Bonchev–Trinajstić information content (AvgIpc) is 2.56. The van der Waals surface area contributed by atoms with Crippen LogP contribution in [0.2, 0.25) is 0 Å². The van der Waals surface area contributed by atoms with Gasteiger partial charge in [0.25, 0.3) is 0 Å². The molecule has 0 bridgehead atoms. The van der Waals surface area contributed by atoms with E-state index in [9.17, 15) is 0 Å². The second-order valence-corrected chi connectivity index (χ2v) is 3.65. The van der Waals surface area contributed by atoms with E-state index in [4.69, 9.17) is 17.0 Å². The molecule has 0 saturated carbocycles. The van der Waals surface area contributed by atoms with Crippen LogP contribution in [0.5, 0.6) is 0 Å². The Morgan fingerprint density at radius 1 is 1.38 bits per heavy atom. The number of ether oxygens (including phenoxy) is 1. The van der Waals surface area contributed by atoms with Crippen molar-refractivity contribution in [2.24, 2.45) is 5.92 Å². The zero-order valence-electron chi connectivity index (χ0n) is 8.06. The Bertz CT molecular complexity index is 254. The molecule has 0 aliphatic heterocycles. The highest BCUT2D eigenvalue weighted by Gasteiger charge is 2.02. The van der Waals surface area contributed by atoms with Crippen molar-refractivity contribution >= 4 is 17.3 Å². The van der Waals surface area contributed by atoms with E-state index in [1.54, 1.807) is 0 Å². The molecule has 13 heavy (non-hydrogen) atoms. The van der Waals surface area contributed by atoms with Crippen LogP contribution in [0, 0.1) is 5.92 Å². The van der Waals surface area contributed by atoms with Gasteiger partial charge in [0.2, 0.25) is 0 Å². The monoisotopic (exact) mass is 197 g/mol. The molecule has 0 atom stereocenters. The predicted octanol–water partition coefficient (Wildman–Crippen LogP) is 2.49. The summed E-state index contributed by atoms with van der Waals surface area (Å²) in [5, 5.41) is 0.701. The van der Waals surface area contributed by atoms with Gasteiger partial charge >= 0.3 is 0 Å². The van der Waals surface area contributed by atoms with Crippen LogP contribution in [0.1, 0.15) is 13.8 Å². The highest BCUT2D eigenvalue weighted by atomic mass is 32.1. The lowest BCUT2D eigenvalue weighted by Gasteiger charge is -2.10. The summed E-state index contributed by atoms with van der Waals surface area (Å²) in [6.45, 7) is 5.60. The van der Waals surface area contributed by atoms with Gasteiger partial charge in [0, 0.05) is 18.3 Å². The Kier molecular flexibility index (Phi) is 3.96. The van der Waals surface area contributed by atoms with Crippen molar-refractivity contribution in [1.82, 2.24) is 4.57 Å². The Morgan fingerprint density at radius 2 is 2.00 bits per heavy atom. The molecule has 0 radical (unpaired) electrons. The molecule has 0 saturated heterocycles. The van der Waals surface area contributed by atoms with E-state index in [0.29, 0.717) is 17.6 Å². The molecule has 1 rings (SSSR count). The standard InChI is InChI=1S/C10H15NOS/c1-9(2)10(13)12-8-7-11-5-3-4-6-11/h3-6,9H,7-8H2,1-2H3. The summed E-state index contributed by atoms with van der Waals surface area (Å²) < 4.78 is 7.46. The van der Waals surface area contributed by atoms with Crippen molar-refractivity contribution in [3.8, 4) is 0 Å². The second-order valence-electron chi connectivity index (χ2n) is 3.24. The van der Waals surface area contributed by atoms with Gasteiger partial charge in [-0.05, 0) is 24.4 Å². The number of rotatable bonds is 4. The summed E-state index contributed by atoms with van der Waals surface area (Å²) in [7, 11) is 0. The summed E-state index contributed by atoms with van der Waals surface area (Å²) in [4.78, 5) is 0. The molecule has 0 aliphatic carbocycles. The minimum Gasteiger partial charge on any atom is -0.485 e. The fraction of sp³-hybridized carbons (Fsp3) is 0.500. The lowest BCUT2D eigenvalue weighted by atomic mass is 10.2. The Balaban J connectivity index is 2.18. The maximum Gasteiger partial charge on any atom is 0.162 e. The normalized spacial score (nSPS) is 10.4. The molecule has 0 unspecified atom stereocenters. The number of hydrogen-bond donors (Lipinski definition) is 0. The number of aromatic nitrogens is 1. The van der Waals surface area contributed by atoms with Gasteiger partial charge in [-0.2, -0.15) is 0 Å². The van der Waals surface area contributed by atoms with Crippen LogP contribution in [-0.4, -0.2) is 16.2 Å². The van der Waals surface area contributed by atoms with Crippen LogP contribution in [0.15, 0.2) is 24.5 Å². The first kappa shape index (κ1) is 10.3. The third-order valence-corrected chi connectivity index (χ3v) is 2.32. The molecule has 0 aliphatic rings. The average molecular weight is 197 g/mol. The van der Waals surface area contributed by atoms with Crippen molar-refractivity contribution in [1.29, 1.82) is 0 Å². The van der Waals surface area contributed by atoms with Gasteiger partial charge in [0.05, 0.1) is 6.54 Å². The lowest BCUT2D eigenvalue weighted by molar-refractivity contribution is 0.278. The maximum absolute atomic E-state index is 5.39. The van der Waals surface area contributed by atoms with Crippen LogP contribution in [-0.2, 0) is 11.3 Å². The summed E-state index contributed by atoms with van der Waals surface area (Å²) >= 11 is 5.04. The third-order valence-electron chi connectivity index (χ3n) is 1.73. The minimum absolute atomic E-state index is 0.333. The summed E-state index contributed by atoms with van der Waals surface area (Å²) in [6, 6.07) is 4.00. The van der Waals surface area contributed by atoms with Gasteiger partial charge in [-0.1, -0.05) is 13.8 Å². The first-order valence-corrected chi connectivity index (χ1v) is 4.88. The zero-order chi connectivity index (χ0) is 9.68. The van der Waals surface area contributed by atoms with Crippen LogP contribution < -0.4 is 0 Å². The van der Waals surface area contributed by atoms with E-state index >= 15 is 0 Å². The largest absolute Gasteiger partial charge is 0.485 e. The second kappa shape index (κ2) is 5.02. The van der Waals surface area contributed by atoms with Crippen LogP contribution in [0.3, 0.4) is 0 Å². The molecule has 1 heterocycles. The molecule has 0 spiro atoms. The van der Waals surface area contributed by atoms with Crippen molar-refractivity contribution in [3.05, 3.63) is 24.5 Å². The molecular weight excluding hydrogens is 182 g/mol. The first-order valence-electron chi connectivity index (χ1n) is 4.47. The van der Waals surface area contributed by atoms with Gasteiger partial charge < -0.3 is 9.30 Å². The molecule has 0 aromatic carbocycles. The Morgan fingerprint density at radius 3 is 2.54 bits per heavy atom. The minimum atomic E-state index is 0.333. The topological polar surface area (TPSA) is 14.2 Å². The zero-order valence-corrected chi connectivity index (χ0v) is 8.88. The van der Waals surface area contributed by atoms with Gasteiger partial charge in [0.1, 0.15) is 6.61 Å². The van der Waals surface area contributed by atoms with E-state index in [-0.39, 0.29) is 0 Å². The van der Waals surface area contributed by atoms with E-state index in [0.717, 1.165) is 6.54 Å². The van der Waals surface area contributed by atoms with E-state index in [1.165, 1.54) is 0 Å². The number of thiocarbonyl (C=S) groups is 1. The fourth-order valence-corrected chi connectivity index (χ4v) is 1.02. The third kappa shape index (κ3) is 3.59. The van der Waals surface area contributed by atoms with Crippen molar-refractivity contribution in [2.45, 2.75) is 20.4 Å². The van der Waals surface area contributed by atoms with E-state index < -0.39 is 0 Å². The van der Waals surface area contributed by atoms with Gasteiger partial charge in [-0.3, -0.25) is 0 Å². The molecule has 0 amide bonds. The predicted molar refractivity (Wildman–Crippen MR) is 57.8 cm³/mol. The molecule has 0 fully saturated rings. The number of nitrogens with zero attached hydrogens (tertiary/aromatic N) is 1. The molecule has 1 aromatic heterocycles.